The van der Waals surface area contributed by atoms with Crippen LogP contribution in [-0.4, -0.2) is 81.8 Å². The lowest BCUT2D eigenvalue weighted by molar-refractivity contribution is 0.0772. The number of likely N-dealkylation sites (N-methyl/N-ethyl adjacent to an activating group) is 1. The molecule has 2 heterocycles. The number of aliphatic hydroxyl groups is 2. The second kappa shape index (κ2) is 9.32. The summed E-state index contributed by atoms with van der Waals surface area (Å²) in [6, 6.07) is 9.75. The van der Waals surface area contributed by atoms with Gasteiger partial charge in [-0.25, -0.2) is 4.98 Å². The van der Waals surface area contributed by atoms with Gasteiger partial charge in [-0.15, -0.1) is 0 Å². The minimum absolute atomic E-state index is 0.0459. The highest BCUT2D eigenvalue weighted by atomic mass is 16.3. The monoisotopic (exact) mass is 386 g/mol. The number of aromatic amines is 1. The van der Waals surface area contributed by atoms with Crippen LogP contribution >= 0.6 is 0 Å². The van der Waals surface area contributed by atoms with E-state index in [0.29, 0.717) is 31.2 Å². The van der Waals surface area contributed by atoms with Gasteiger partial charge in [0.15, 0.2) is 0 Å². The van der Waals surface area contributed by atoms with E-state index in [0.717, 1.165) is 24.3 Å². The van der Waals surface area contributed by atoms with Gasteiger partial charge in [-0.2, -0.15) is 0 Å². The Labute approximate surface area is 166 Å². The van der Waals surface area contributed by atoms with Crippen LogP contribution in [0.25, 0.3) is 11.4 Å². The number of hydrogen-bond acceptors (Lipinski definition) is 5. The van der Waals surface area contributed by atoms with Crippen LogP contribution < -0.4 is 0 Å². The Morgan fingerprint density at radius 2 is 1.96 bits per heavy atom. The van der Waals surface area contributed by atoms with Crippen LogP contribution in [0.15, 0.2) is 30.3 Å². The fourth-order valence-electron chi connectivity index (χ4n) is 3.92. The number of aromatic nitrogens is 2. The molecule has 3 N–H and O–H groups in total. The zero-order chi connectivity index (χ0) is 20.1. The summed E-state index contributed by atoms with van der Waals surface area (Å²) in [6.07, 6.45) is 0. The number of benzene rings is 1. The predicted molar refractivity (Wildman–Crippen MR) is 108 cm³/mol. The first-order valence-corrected chi connectivity index (χ1v) is 9.92. The lowest BCUT2D eigenvalue weighted by atomic mass is 9.96. The molecule has 0 radical (unpaired) electrons. The van der Waals surface area contributed by atoms with E-state index >= 15 is 0 Å². The summed E-state index contributed by atoms with van der Waals surface area (Å²) in [5, 5.41) is 19.0. The summed E-state index contributed by atoms with van der Waals surface area (Å²) in [5.74, 6) is 0.830. The molecule has 0 spiro atoms. The van der Waals surface area contributed by atoms with Crippen LogP contribution in [0.4, 0.5) is 0 Å². The minimum Gasteiger partial charge on any atom is -0.396 e. The van der Waals surface area contributed by atoms with Crippen molar-refractivity contribution >= 4 is 5.91 Å². The Balaban J connectivity index is 1.73. The molecule has 0 bridgehead atoms. The third-order valence-corrected chi connectivity index (χ3v) is 5.59. The predicted octanol–water partition coefficient (Wildman–Crippen LogP) is 1.38. The molecule has 7 heteroatoms. The first-order valence-electron chi connectivity index (χ1n) is 9.92. The number of H-pyrrole nitrogens is 1. The van der Waals surface area contributed by atoms with Gasteiger partial charge in [0, 0.05) is 50.0 Å². The summed E-state index contributed by atoms with van der Waals surface area (Å²) in [4.78, 5) is 24.8. The van der Waals surface area contributed by atoms with Crippen LogP contribution in [0, 0.1) is 18.8 Å². The van der Waals surface area contributed by atoms with Gasteiger partial charge in [0.2, 0.25) is 0 Å². The van der Waals surface area contributed by atoms with Gasteiger partial charge in [-0.3, -0.25) is 4.79 Å². The second-order valence-electron chi connectivity index (χ2n) is 7.45. The highest BCUT2D eigenvalue weighted by Gasteiger charge is 2.37. The maximum absolute atomic E-state index is 13.1. The molecule has 2 aromatic rings. The van der Waals surface area contributed by atoms with Gasteiger partial charge < -0.3 is 25.0 Å². The van der Waals surface area contributed by atoms with Crippen LogP contribution in [-0.2, 0) is 0 Å². The molecule has 1 aliphatic heterocycles. The molecule has 1 fully saturated rings. The number of aliphatic hydroxyl groups excluding tert-OH is 2. The van der Waals surface area contributed by atoms with Crippen LogP contribution in [0.2, 0.25) is 0 Å². The zero-order valence-electron chi connectivity index (χ0n) is 16.6. The summed E-state index contributed by atoms with van der Waals surface area (Å²) in [7, 11) is 0. The first-order chi connectivity index (χ1) is 13.6. The van der Waals surface area contributed by atoms with Gasteiger partial charge >= 0.3 is 0 Å². The number of nitrogens with one attached hydrogen (secondary N) is 1. The van der Waals surface area contributed by atoms with Crippen molar-refractivity contribution in [2.45, 2.75) is 13.8 Å². The summed E-state index contributed by atoms with van der Waals surface area (Å²) in [5.41, 5.74) is 2.14. The molecular weight excluding hydrogens is 356 g/mol. The number of rotatable bonds is 8. The van der Waals surface area contributed by atoms with Crippen molar-refractivity contribution in [3.05, 3.63) is 41.7 Å². The van der Waals surface area contributed by atoms with E-state index in [1.165, 1.54) is 0 Å². The van der Waals surface area contributed by atoms with Crippen molar-refractivity contribution in [2.75, 3.05) is 45.9 Å². The molecule has 1 amide bonds. The van der Waals surface area contributed by atoms with Gasteiger partial charge in [0.25, 0.3) is 5.91 Å². The van der Waals surface area contributed by atoms with Crippen molar-refractivity contribution < 1.29 is 15.0 Å². The molecule has 152 valence electrons. The van der Waals surface area contributed by atoms with Gasteiger partial charge in [-0.05, 0) is 19.4 Å². The van der Waals surface area contributed by atoms with Crippen LogP contribution in [0.1, 0.15) is 23.1 Å². The third kappa shape index (κ3) is 4.43. The molecule has 3 rings (SSSR count). The molecule has 0 aliphatic carbocycles. The zero-order valence-corrected chi connectivity index (χ0v) is 16.6. The molecular formula is C21H30N4O3. The Morgan fingerprint density at radius 1 is 1.25 bits per heavy atom. The van der Waals surface area contributed by atoms with E-state index in [-0.39, 0.29) is 31.0 Å². The SMILES string of the molecule is CCN(CCO)C[C@@H]1CN(C(=O)c2nc(-c3ccccc3)[nH]c2C)C[C@@H]1CO. The van der Waals surface area contributed by atoms with E-state index in [9.17, 15) is 15.0 Å². The smallest absolute Gasteiger partial charge is 0.274 e. The topological polar surface area (TPSA) is 92.7 Å². The Bertz CT molecular complexity index is 777. The van der Waals surface area contributed by atoms with E-state index in [1.807, 2.05) is 37.3 Å². The van der Waals surface area contributed by atoms with Crippen molar-refractivity contribution in [3.8, 4) is 11.4 Å². The molecule has 1 aliphatic rings. The summed E-state index contributed by atoms with van der Waals surface area (Å²) >= 11 is 0. The molecule has 1 aromatic heterocycles. The number of nitrogens with zero attached hydrogens (tertiary/aromatic N) is 3. The number of likely N-dealkylation sites (tertiary alicyclic amines) is 1. The lowest BCUT2D eigenvalue weighted by Gasteiger charge is -2.25. The van der Waals surface area contributed by atoms with Crippen molar-refractivity contribution in [2.24, 2.45) is 11.8 Å². The van der Waals surface area contributed by atoms with Gasteiger partial charge in [0.05, 0.1) is 6.61 Å². The minimum atomic E-state index is -0.0953. The van der Waals surface area contributed by atoms with Gasteiger partial charge in [-0.1, -0.05) is 37.3 Å². The molecule has 0 saturated carbocycles. The average Bonchev–Trinajstić information content (AvgIpc) is 3.31. The van der Waals surface area contributed by atoms with E-state index < -0.39 is 0 Å². The Morgan fingerprint density at radius 3 is 2.61 bits per heavy atom. The third-order valence-electron chi connectivity index (χ3n) is 5.59. The molecule has 1 saturated heterocycles. The van der Waals surface area contributed by atoms with Crippen molar-refractivity contribution in [1.29, 1.82) is 0 Å². The van der Waals surface area contributed by atoms with Crippen LogP contribution in [0.3, 0.4) is 0 Å². The largest absolute Gasteiger partial charge is 0.396 e. The lowest BCUT2D eigenvalue weighted by Crippen LogP contribution is -2.36. The highest BCUT2D eigenvalue weighted by Crippen LogP contribution is 2.27. The summed E-state index contributed by atoms with van der Waals surface area (Å²) < 4.78 is 0. The average molecular weight is 386 g/mol. The molecule has 28 heavy (non-hydrogen) atoms. The molecule has 1 aromatic carbocycles. The van der Waals surface area contributed by atoms with E-state index in [2.05, 4.69) is 21.8 Å². The second-order valence-corrected chi connectivity index (χ2v) is 7.45. The maximum atomic E-state index is 13.1. The van der Waals surface area contributed by atoms with E-state index in [4.69, 9.17) is 0 Å². The number of hydrogen-bond donors (Lipinski definition) is 3. The molecule has 2 atom stereocenters. The number of carbonyl (C=O) groups excluding carboxylic acids is 1. The summed E-state index contributed by atoms with van der Waals surface area (Å²) in [6.45, 7) is 7.43. The van der Waals surface area contributed by atoms with Crippen molar-refractivity contribution in [3.63, 3.8) is 0 Å². The quantitative estimate of drug-likeness (QED) is 0.637. The number of imidazole rings is 1. The number of aryl methyl sites for hydroxylation is 1. The first kappa shape index (κ1) is 20.5. The maximum Gasteiger partial charge on any atom is 0.274 e. The molecule has 7 nitrogen and oxygen atoms in total. The van der Waals surface area contributed by atoms with Crippen molar-refractivity contribution in [1.82, 2.24) is 19.8 Å². The Hall–Kier alpha value is -2.22. The standard InChI is InChI=1S/C21H30N4O3/c1-3-24(9-10-26)11-17-12-25(13-18(17)14-27)21(28)19-15(2)22-20(23-19)16-7-5-4-6-8-16/h4-8,17-18,26-27H,3,9-14H2,1-2H3,(H,22,23)/t17-,18-/m1/s1. The Kier molecular flexibility index (Phi) is 6.83. The van der Waals surface area contributed by atoms with Crippen LogP contribution in [0.5, 0.6) is 0 Å². The highest BCUT2D eigenvalue weighted by molar-refractivity contribution is 5.94. The molecule has 0 unspecified atom stereocenters. The number of carbonyl (C=O) groups is 1. The fourth-order valence-corrected chi connectivity index (χ4v) is 3.92. The normalized spacial score (nSPS) is 19.5. The fraction of sp³-hybridized carbons (Fsp3) is 0.524. The van der Waals surface area contributed by atoms with E-state index in [1.54, 1.807) is 4.90 Å². The van der Waals surface area contributed by atoms with Gasteiger partial charge in [0.1, 0.15) is 11.5 Å². The number of amides is 1.